The average molecular weight is 287 g/mol. The summed E-state index contributed by atoms with van der Waals surface area (Å²) in [5, 5.41) is 12.0. The molecule has 1 heterocycles. The molecule has 20 heavy (non-hydrogen) atoms. The molecule has 1 saturated heterocycles. The van der Waals surface area contributed by atoms with E-state index in [1.165, 1.54) is 6.07 Å². The minimum Gasteiger partial charge on any atom is -0.480 e. The zero-order valence-corrected chi connectivity index (χ0v) is 11.0. The van der Waals surface area contributed by atoms with Gasteiger partial charge in [0.15, 0.2) is 0 Å². The lowest BCUT2D eigenvalue weighted by atomic mass is 9.90. The van der Waals surface area contributed by atoms with Crippen LogP contribution in [0.25, 0.3) is 0 Å². The van der Waals surface area contributed by atoms with Crippen molar-refractivity contribution in [3.8, 4) is 0 Å². The Hall–Kier alpha value is -1.56. The number of carbonyl (C=O) groups is 1. The molecule has 0 amide bonds. The van der Waals surface area contributed by atoms with E-state index in [1.54, 1.807) is 6.92 Å². The second-order valence-electron chi connectivity index (χ2n) is 5.11. The third-order valence-corrected chi connectivity index (χ3v) is 3.66. The third kappa shape index (κ3) is 3.12. The van der Waals surface area contributed by atoms with Gasteiger partial charge in [0.1, 0.15) is 6.04 Å². The van der Waals surface area contributed by atoms with Crippen molar-refractivity contribution in [1.29, 1.82) is 0 Å². The van der Waals surface area contributed by atoms with Crippen LogP contribution in [0.5, 0.6) is 0 Å². The molecule has 0 spiro atoms. The highest BCUT2D eigenvalue weighted by atomic mass is 19.4. The van der Waals surface area contributed by atoms with E-state index in [0.29, 0.717) is 12.0 Å². The minimum absolute atomic E-state index is 0.202. The van der Waals surface area contributed by atoms with E-state index >= 15 is 0 Å². The standard InChI is InChI=1S/C14H16F3NO2/c1-8-7-9(14(15,16)17)5-6-10(8)11-3-2-4-12(18-11)13(19)20/h5-7,11-12,18H,2-4H2,1H3,(H,19,20). The molecule has 2 atom stereocenters. The van der Waals surface area contributed by atoms with E-state index in [9.17, 15) is 18.0 Å². The number of carboxylic acids is 1. The highest BCUT2D eigenvalue weighted by molar-refractivity contribution is 5.73. The van der Waals surface area contributed by atoms with Gasteiger partial charge in [0.2, 0.25) is 0 Å². The molecule has 1 aliphatic heterocycles. The molecule has 0 saturated carbocycles. The topological polar surface area (TPSA) is 49.3 Å². The van der Waals surface area contributed by atoms with Crippen molar-refractivity contribution in [3.05, 3.63) is 34.9 Å². The summed E-state index contributed by atoms with van der Waals surface area (Å²) in [5.74, 6) is -0.917. The van der Waals surface area contributed by atoms with Gasteiger partial charge in [-0.25, -0.2) is 0 Å². The molecule has 3 nitrogen and oxygen atoms in total. The first-order chi connectivity index (χ1) is 9.29. The molecule has 0 aliphatic carbocycles. The van der Waals surface area contributed by atoms with Gasteiger partial charge in [-0.3, -0.25) is 10.1 Å². The molecule has 0 bridgehead atoms. The fraction of sp³-hybridized carbons (Fsp3) is 0.500. The Labute approximate surface area is 114 Å². The Morgan fingerprint density at radius 2 is 2.05 bits per heavy atom. The molecule has 2 rings (SSSR count). The Balaban J connectivity index is 2.23. The SMILES string of the molecule is Cc1cc(C(F)(F)F)ccc1C1CCCC(C(=O)O)N1. The van der Waals surface area contributed by atoms with Gasteiger partial charge in [-0.15, -0.1) is 0 Å². The van der Waals surface area contributed by atoms with Crippen LogP contribution in [-0.4, -0.2) is 17.1 Å². The van der Waals surface area contributed by atoms with Crippen molar-refractivity contribution in [3.63, 3.8) is 0 Å². The van der Waals surface area contributed by atoms with E-state index in [0.717, 1.165) is 30.5 Å². The van der Waals surface area contributed by atoms with Gasteiger partial charge >= 0.3 is 12.1 Å². The van der Waals surface area contributed by atoms with Gasteiger partial charge < -0.3 is 5.11 Å². The molecule has 2 N–H and O–H groups in total. The van der Waals surface area contributed by atoms with Crippen molar-refractivity contribution in [2.75, 3.05) is 0 Å². The number of aryl methyl sites for hydroxylation is 1. The van der Waals surface area contributed by atoms with Crippen LogP contribution < -0.4 is 5.32 Å². The first-order valence-corrected chi connectivity index (χ1v) is 6.45. The molecule has 0 aromatic heterocycles. The normalized spacial score (nSPS) is 23.6. The molecular formula is C14H16F3NO2. The summed E-state index contributed by atoms with van der Waals surface area (Å²) < 4.78 is 37.8. The van der Waals surface area contributed by atoms with E-state index in [1.807, 2.05) is 0 Å². The maximum Gasteiger partial charge on any atom is 0.416 e. The largest absolute Gasteiger partial charge is 0.480 e. The van der Waals surface area contributed by atoms with Gasteiger partial charge in [-0.2, -0.15) is 13.2 Å². The Morgan fingerprint density at radius 1 is 1.35 bits per heavy atom. The fourth-order valence-electron chi connectivity index (χ4n) is 2.62. The van der Waals surface area contributed by atoms with E-state index in [-0.39, 0.29) is 6.04 Å². The summed E-state index contributed by atoms with van der Waals surface area (Å²) in [6.07, 6.45) is -2.33. The first kappa shape index (κ1) is 14.8. The minimum atomic E-state index is -4.35. The number of carboxylic acid groups (broad SMARTS) is 1. The molecule has 6 heteroatoms. The van der Waals surface area contributed by atoms with Crippen LogP contribution in [0.3, 0.4) is 0 Å². The van der Waals surface area contributed by atoms with Crippen LogP contribution in [0, 0.1) is 6.92 Å². The molecule has 1 fully saturated rings. The smallest absolute Gasteiger partial charge is 0.416 e. The van der Waals surface area contributed by atoms with Crippen LogP contribution in [0.4, 0.5) is 13.2 Å². The molecule has 2 unspecified atom stereocenters. The van der Waals surface area contributed by atoms with Crippen LogP contribution in [0.2, 0.25) is 0 Å². The number of nitrogens with one attached hydrogen (secondary N) is 1. The lowest BCUT2D eigenvalue weighted by Crippen LogP contribution is -2.42. The Bertz CT molecular complexity index is 514. The number of halogens is 3. The zero-order chi connectivity index (χ0) is 14.9. The van der Waals surface area contributed by atoms with Crippen molar-refractivity contribution >= 4 is 5.97 Å². The number of piperidine rings is 1. The van der Waals surface area contributed by atoms with Gasteiger partial charge in [0.05, 0.1) is 5.56 Å². The maximum atomic E-state index is 12.6. The van der Waals surface area contributed by atoms with Gasteiger partial charge in [0, 0.05) is 6.04 Å². The number of hydrogen-bond donors (Lipinski definition) is 2. The number of hydrogen-bond acceptors (Lipinski definition) is 2. The second-order valence-corrected chi connectivity index (χ2v) is 5.11. The molecule has 110 valence electrons. The number of alkyl halides is 3. The molecule has 1 aromatic rings. The quantitative estimate of drug-likeness (QED) is 0.877. The first-order valence-electron chi connectivity index (χ1n) is 6.45. The van der Waals surface area contributed by atoms with E-state index in [4.69, 9.17) is 5.11 Å². The Morgan fingerprint density at radius 3 is 2.60 bits per heavy atom. The van der Waals surface area contributed by atoms with Gasteiger partial charge in [-0.1, -0.05) is 6.07 Å². The summed E-state index contributed by atoms with van der Waals surface area (Å²) in [7, 11) is 0. The van der Waals surface area contributed by atoms with E-state index in [2.05, 4.69) is 5.32 Å². The number of rotatable bonds is 2. The zero-order valence-electron chi connectivity index (χ0n) is 11.0. The van der Waals surface area contributed by atoms with Crippen LogP contribution in [0.1, 0.15) is 42.0 Å². The van der Waals surface area contributed by atoms with Crippen molar-refractivity contribution in [2.45, 2.75) is 44.4 Å². The summed E-state index contributed by atoms with van der Waals surface area (Å²) in [6, 6.07) is 2.78. The van der Waals surface area contributed by atoms with E-state index < -0.39 is 23.8 Å². The summed E-state index contributed by atoms with van der Waals surface area (Å²) in [5.41, 5.74) is 0.594. The van der Waals surface area contributed by atoms with Gasteiger partial charge in [-0.05, 0) is 49.4 Å². The summed E-state index contributed by atoms with van der Waals surface area (Å²) >= 11 is 0. The second kappa shape index (κ2) is 5.44. The predicted molar refractivity (Wildman–Crippen MR) is 67.3 cm³/mol. The molecule has 0 radical (unpaired) electrons. The summed E-state index contributed by atoms with van der Waals surface area (Å²) in [6.45, 7) is 1.62. The van der Waals surface area contributed by atoms with Crippen molar-refractivity contribution in [1.82, 2.24) is 5.32 Å². The molecule has 1 aromatic carbocycles. The van der Waals surface area contributed by atoms with Crippen LogP contribution in [-0.2, 0) is 11.0 Å². The van der Waals surface area contributed by atoms with Crippen molar-refractivity contribution < 1.29 is 23.1 Å². The van der Waals surface area contributed by atoms with Gasteiger partial charge in [0.25, 0.3) is 0 Å². The summed E-state index contributed by atoms with van der Waals surface area (Å²) in [4.78, 5) is 11.0. The molecule has 1 aliphatic rings. The lowest BCUT2D eigenvalue weighted by molar-refractivity contribution is -0.140. The predicted octanol–water partition coefficient (Wildman–Crippen LogP) is 3.28. The number of benzene rings is 1. The highest BCUT2D eigenvalue weighted by Gasteiger charge is 2.32. The number of aliphatic carboxylic acids is 1. The Kier molecular flexibility index (Phi) is 4.04. The fourth-order valence-corrected chi connectivity index (χ4v) is 2.62. The maximum absolute atomic E-state index is 12.6. The third-order valence-electron chi connectivity index (χ3n) is 3.66. The lowest BCUT2D eigenvalue weighted by Gasteiger charge is -2.30. The highest BCUT2D eigenvalue weighted by Crippen LogP contribution is 2.33. The van der Waals surface area contributed by atoms with Crippen molar-refractivity contribution in [2.24, 2.45) is 0 Å². The molecular weight excluding hydrogens is 271 g/mol. The van der Waals surface area contributed by atoms with Crippen LogP contribution >= 0.6 is 0 Å². The monoisotopic (exact) mass is 287 g/mol. The average Bonchev–Trinajstić information content (AvgIpc) is 2.37. The van der Waals surface area contributed by atoms with Crippen LogP contribution in [0.15, 0.2) is 18.2 Å².